The van der Waals surface area contributed by atoms with Crippen LogP contribution in [-0.2, 0) is 4.79 Å². The number of aryl methyl sites for hydroxylation is 1. The van der Waals surface area contributed by atoms with Gasteiger partial charge in [-0.05, 0) is 79.8 Å². The van der Waals surface area contributed by atoms with Crippen LogP contribution in [0.2, 0.25) is 0 Å². The number of nitrogens with zero attached hydrogens (tertiary/aromatic N) is 2. The van der Waals surface area contributed by atoms with Crippen LogP contribution in [-0.4, -0.2) is 34.8 Å². The molecule has 0 aliphatic carbocycles. The molecule has 1 N–H and O–H groups in total. The molecule has 3 aromatic carbocycles. The molecule has 184 valence electrons. The number of carbonyl (C=O) groups excluding carboxylic acids is 2. The summed E-state index contributed by atoms with van der Waals surface area (Å²) in [5.74, 6) is 0.0312. The fourth-order valence-corrected chi connectivity index (χ4v) is 4.78. The highest BCUT2D eigenvalue weighted by Crippen LogP contribution is 2.29. The molecular weight excluding hydrogens is 457 g/mol. The van der Waals surface area contributed by atoms with Crippen LogP contribution in [0.1, 0.15) is 35.7 Å². The lowest BCUT2D eigenvalue weighted by Crippen LogP contribution is -2.41. The highest BCUT2D eigenvalue weighted by atomic mass is 19.1. The van der Waals surface area contributed by atoms with Crippen LogP contribution in [0.5, 0.6) is 0 Å². The standard InChI is InChI=1S/C29H28FN3O3/c1-18-16-23(30)9-10-24(18)31-27(34)19(2)20-12-14-33(15-13-20)29(35)22-8-11-26-25(17-22)32-28(36-26)21-6-4-3-5-7-21/h3-11,16-17,19-20H,12-15H2,1-2H3,(H,31,34). The van der Waals surface area contributed by atoms with E-state index in [1.54, 1.807) is 31.2 Å². The van der Waals surface area contributed by atoms with Crippen molar-refractivity contribution in [3.63, 3.8) is 0 Å². The molecule has 36 heavy (non-hydrogen) atoms. The summed E-state index contributed by atoms with van der Waals surface area (Å²) in [4.78, 5) is 32.4. The second kappa shape index (κ2) is 9.93. The number of likely N-dealkylation sites (tertiary alicyclic amines) is 1. The van der Waals surface area contributed by atoms with Crippen molar-refractivity contribution in [2.24, 2.45) is 11.8 Å². The van der Waals surface area contributed by atoms with Crippen LogP contribution in [0.25, 0.3) is 22.6 Å². The molecule has 7 heteroatoms. The lowest BCUT2D eigenvalue weighted by atomic mass is 9.84. The van der Waals surface area contributed by atoms with Crippen molar-refractivity contribution in [2.45, 2.75) is 26.7 Å². The van der Waals surface area contributed by atoms with E-state index >= 15 is 0 Å². The number of hydrogen-bond donors (Lipinski definition) is 1. The quantitative estimate of drug-likeness (QED) is 0.372. The number of fused-ring (bicyclic) bond motifs is 1. The molecule has 1 unspecified atom stereocenters. The number of aromatic nitrogens is 1. The Balaban J connectivity index is 1.21. The molecule has 2 heterocycles. The Morgan fingerprint density at radius 2 is 1.81 bits per heavy atom. The number of anilines is 1. The van der Waals surface area contributed by atoms with Crippen LogP contribution in [0.3, 0.4) is 0 Å². The summed E-state index contributed by atoms with van der Waals surface area (Å²) >= 11 is 0. The van der Waals surface area contributed by atoms with Crippen LogP contribution >= 0.6 is 0 Å². The number of nitrogens with one attached hydrogen (secondary N) is 1. The topological polar surface area (TPSA) is 75.4 Å². The van der Waals surface area contributed by atoms with Gasteiger partial charge in [0.2, 0.25) is 11.8 Å². The molecule has 0 radical (unpaired) electrons. The van der Waals surface area contributed by atoms with Gasteiger partial charge in [0.25, 0.3) is 5.91 Å². The maximum absolute atomic E-state index is 13.4. The Hall–Kier alpha value is -4.00. The molecule has 1 fully saturated rings. The molecule has 1 aromatic heterocycles. The van der Waals surface area contributed by atoms with Gasteiger partial charge in [-0.1, -0.05) is 25.1 Å². The Labute approximate surface area is 209 Å². The number of piperidine rings is 1. The molecule has 1 aliphatic rings. The number of amides is 2. The van der Waals surface area contributed by atoms with E-state index in [-0.39, 0.29) is 29.5 Å². The van der Waals surface area contributed by atoms with Crippen molar-refractivity contribution in [3.8, 4) is 11.5 Å². The zero-order valence-electron chi connectivity index (χ0n) is 20.3. The Bertz CT molecular complexity index is 1410. The average molecular weight is 486 g/mol. The van der Waals surface area contributed by atoms with Gasteiger partial charge in [0.15, 0.2) is 5.58 Å². The first-order valence-electron chi connectivity index (χ1n) is 12.2. The van der Waals surface area contributed by atoms with Crippen molar-refractivity contribution in [2.75, 3.05) is 18.4 Å². The van der Waals surface area contributed by atoms with E-state index in [1.165, 1.54) is 12.1 Å². The molecule has 5 rings (SSSR count). The van der Waals surface area contributed by atoms with Crippen LogP contribution in [0.4, 0.5) is 10.1 Å². The summed E-state index contributed by atoms with van der Waals surface area (Å²) in [5, 5.41) is 2.92. The molecule has 4 aromatic rings. The molecule has 6 nitrogen and oxygen atoms in total. The second-order valence-corrected chi connectivity index (χ2v) is 9.43. The first-order chi connectivity index (χ1) is 17.4. The number of hydrogen-bond acceptors (Lipinski definition) is 4. The minimum Gasteiger partial charge on any atom is -0.436 e. The SMILES string of the molecule is Cc1cc(F)ccc1NC(=O)C(C)C1CCN(C(=O)c2ccc3oc(-c4ccccc4)nc3c2)CC1. The summed E-state index contributed by atoms with van der Waals surface area (Å²) in [6.07, 6.45) is 1.49. The van der Waals surface area contributed by atoms with Crippen molar-refractivity contribution < 1.29 is 18.4 Å². The third-order valence-corrected chi connectivity index (χ3v) is 7.05. The van der Waals surface area contributed by atoms with Crippen LogP contribution in [0.15, 0.2) is 71.1 Å². The maximum Gasteiger partial charge on any atom is 0.253 e. The van der Waals surface area contributed by atoms with Gasteiger partial charge in [-0.25, -0.2) is 9.37 Å². The van der Waals surface area contributed by atoms with Crippen LogP contribution in [0, 0.1) is 24.6 Å². The molecule has 2 amide bonds. The van der Waals surface area contributed by atoms with Gasteiger partial charge >= 0.3 is 0 Å². The van der Waals surface area contributed by atoms with E-state index in [2.05, 4.69) is 10.3 Å². The monoisotopic (exact) mass is 485 g/mol. The highest BCUT2D eigenvalue weighted by molar-refractivity contribution is 5.97. The molecule has 1 atom stereocenters. The van der Waals surface area contributed by atoms with Crippen LogP contribution < -0.4 is 5.32 Å². The Kier molecular flexibility index (Phi) is 6.55. The van der Waals surface area contributed by atoms with E-state index in [4.69, 9.17) is 4.42 Å². The van der Waals surface area contributed by atoms with Gasteiger partial charge in [-0.2, -0.15) is 0 Å². The summed E-state index contributed by atoms with van der Waals surface area (Å²) in [7, 11) is 0. The third-order valence-electron chi connectivity index (χ3n) is 7.05. The molecule has 0 spiro atoms. The zero-order valence-corrected chi connectivity index (χ0v) is 20.3. The fourth-order valence-electron chi connectivity index (χ4n) is 4.78. The van der Waals surface area contributed by atoms with E-state index in [0.717, 1.165) is 18.4 Å². The smallest absolute Gasteiger partial charge is 0.253 e. The first kappa shape index (κ1) is 23.7. The van der Waals surface area contributed by atoms with Gasteiger partial charge < -0.3 is 14.6 Å². The maximum atomic E-state index is 13.4. The number of halogens is 1. The second-order valence-electron chi connectivity index (χ2n) is 9.43. The van der Waals surface area contributed by atoms with Gasteiger partial charge in [-0.3, -0.25) is 9.59 Å². The predicted molar refractivity (Wildman–Crippen MR) is 137 cm³/mol. The summed E-state index contributed by atoms with van der Waals surface area (Å²) in [6.45, 7) is 4.86. The summed E-state index contributed by atoms with van der Waals surface area (Å²) in [6, 6.07) is 19.3. The fraction of sp³-hybridized carbons (Fsp3) is 0.276. The van der Waals surface area contributed by atoms with E-state index in [9.17, 15) is 14.0 Å². The Morgan fingerprint density at radius 1 is 1.06 bits per heavy atom. The highest BCUT2D eigenvalue weighted by Gasteiger charge is 2.30. The number of rotatable bonds is 5. The molecular formula is C29H28FN3O3. The number of carbonyl (C=O) groups is 2. The Morgan fingerprint density at radius 3 is 2.53 bits per heavy atom. The number of oxazole rings is 1. The van der Waals surface area contributed by atoms with Gasteiger partial charge in [0, 0.05) is 35.8 Å². The minimum absolute atomic E-state index is 0.0429. The lowest BCUT2D eigenvalue weighted by Gasteiger charge is -2.34. The summed E-state index contributed by atoms with van der Waals surface area (Å²) in [5.41, 5.74) is 4.06. The molecule has 0 bridgehead atoms. The molecule has 1 saturated heterocycles. The van der Waals surface area contributed by atoms with Crippen molar-refractivity contribution in [3.05, 3.63) is 83.7 Å². The number of benzene rings is 3. The van der Waals surface area contributed by atoms with Crippen molar-refractivity contribution in [1.29, 1.82) is 0 Å². The average Bonchev–Trinajstić information content (AvgIpc) is 3.33. The largest absolute Gasteiger partial charge is 0.436 e. The van der Waals surface area contributed by atoms with Gasteiger partial charge in [0.1, 0.15) is 11.3 Å². The van der Waals surface area contributed by atoms with Crippen molar-refractivity contribution >= 4 is 28.6 Å². The lowest BCUT2D eigenvalue weighted by molar-refractivity contribution is -0.121. The normalized spacial score (nSPS) is 15.1. The van der Waals surface area contributed by atoms with Gasteiger partial charge in [-0.15, -0.1) is 0 Å². The van der Waals surface area contributed by atoms with E-state index in [1.807, 2.05) is 42.2 Å². The third kappa shape index (κ3) is 4.87. The van der Waals surface area contributed by atoms with Gasteiger partial charge in [0.05, 0.1) is 0 Å². The minimum atomic E-state index is -0.324. The summed E-state index contributed by atoms with van der Waals surface area (Å²) < 4.78 is 19.2. The zero-order chi connectivity index (χ0) is 25.2. The first-order valence-corrected chi connectivity index (χ1v) is 12.2. The van der Waals surface area contributed by atoms with Crippen molar-refractivity contribution in [1.82, 2.24) is 9.88 Å². The van der Waals surface area contributed by atoms with E-state index < -0.39 is 0 Å². The molecule has 0 saturated carbocycles. The van der Waals surface area contributed by atoms with E-state index in [0.29, 0.717) is 46.9 Å². The predicted octanol–water partition coefficient (Wildman–Crippen LogP) is 6.07. The molecule has 1 aliphatic heterocycles.